The average molecular weight is 269 g/mol. The van der Waals surface area contributed by atoms with Crippen molar-refractivity contribution >= 4 is 10.0 Å². The molecule has 0 fully saturated rings. The number of sulfonamides is 1. The van der Waals surface area contributed by atoms with Crippen LogP contribution in [0.15, 0.2) is 24.3 Å². The Morgan fingerprint density at radius 1 is 1.17 bits per heavy atom. The molecule has 0 amide bonds. The van der Waals surface area contributed by atoms with Gasteiger partial charge in [0.1, 0.15) is 0 Å². The maximum absolute atomic E-state index is 11.9. The van der Waals surface area contributed by atoms with E-state index in [0.29, 0.717) is 6.42 Å². The molecule has 0 radical (unpaired) electrons. The van der Waals surface area contributed by atoms with E-state index in [1.54, 1.807) is 0 Å². The number of unbranched alkanes of at least 4 members (excludes halogenated alkanes) is 1. The van der Waals surface area contributed by atoms with Crippen molar-refractivity contribution in [2.45, 2.75) is 46.1 Å². The van der Waals surface area contributed by atoms with Gasteiger partial charge < -0.3 is 0 Å². The van der Waals surface area contributed by atoms with Crippen molar-refractivity contribution in [1.82, 2.24) is 4.72 Å². The van der Waals surface area contributed by atoms with Crippen molar-refractivity contribution in [3.8, 4) is 0 Å². The van der Waals surface area contributed by atoms with Crippen molar-refractivity contribution < 1.29 is 8.42 Å². The maximum Gasteiger partial charge on any atom is 0.212 e. The lowest BCUT2D eigenvalue weighted by molar-refractivity contribution is 0.547. The van der Waals surface area contributed by atoms with E-state index in [1.165, 1.54) is 5.56 Å². The van der Waals surface area contributed by atoms with Gasteiger partial charge in [-0.05, 0) is 25.3 Å². The van der Waals surface area contributed by atoms with E-state index in [0.717, 1.165) is 18.4 Å². The highest BCUT2D eigenvalue weighted by molar-refractivity contribution is 7.89. The molecule has 0 spiro atoms. The fraction of sp³-hybridized carbons (Fsp3) is 0.571. The van der Waals surface area contributed by atoms with Gasteiger partial charge in [-0.2, -0.15) is 0 Å². The summed E-state index contributed by atoms with van der Waals surface area (Å²) in [6, 6.07) is 7.89. The molecule has 3 nitrogen and oxygen atoms in total. The van der Waals surface area contributed by atoms with Crippen LogP contribution in [-0.2, 0) is 10.0 Å². The fourth-order valence-corrected chi connectivity index (χ4v) is 3.32. The summed E-state index contributed by atoms with van der Waals surface area (Å²) in [6.45, 7) is 6.01. The SMILES string of the molecule is CCCCS(=O)(=O)N[C@H](CC)c1ccc(C)cc1. The minimum Gasteiger partial charge on any atom is -0.212 e. The summed E-state index contributed by atoms with van der Waals surface area (Å²) in [5, 5.41) is 0. The fourth-order valence-electron chi connectivity index (χ4n) is 1.80. The zero-order valence-corrected chi connectivity index (χ0v) is 12.3. The first-order chi connectivity index (χ1) is 8.48. The van der Waals surface area contributed by atoms with Crippen LogP contribution < -0.4 is 4.72 Å². The van der Waals surface area contributed by atoms with Gasteiger partial charge in [0.2, 0.25) is 10.0 Å². The monoisotopic (exact) mass is 269 g/mol. The highest BCUT2D eigenvalue weighted by Gasteiger charge is 2.17. The van der Waals surface area contributed by atoms with Crippen molar-refractivity contribution in [2.24, 2.45) is 0 Å². The predicted octanol–water partition coefficient (Wildman–Crippen LogP) is 3.17. The second-order valence-corrected chi connectivity index (χ2v) is 6.54. The van der Waals surface area contributed by atoms with Crippen LogP contribution in [-0.4, -0.2) is 14.2 Å². The van der Waals surface area contributed by atoms with Gasteiger partial charge in [0.15, 0.2) is 0 Å². The Kier molecular flexibility index (Phi) is 5.82. The Morgan fingerprint density at radius 2 is 1.78 bits per heavy atom. The Morgan fingerprint density at radius 3 is 2.28 bits per heavy atom. The Hall–Kier alpha value is -0.870. The van der Waals surface area contributed by atoms with Gasteiger partial charge in [0.25, 0.3) is 0 Å². The highest BCUT2D eigenvalue weighted by Crippen LogP contribution is 2.18. The molecule has 0 saturated carbocycles. The summed E-state index contributed by atoms with van der Waals surface area (Å²) < 4.78 is 26.6. The predicted molar refractivity (Wildman–Crippen MR) is 76.0 cm³/mol. The molecule has 0 aliphatic rings. The summed E-state index contributed by atoms with van der Waals surface area (Å²) in [7, 11) is -3.16. The number of benzene rings is 1. The second kappa shape index (κ2) is 6.90. The third-order valence-electron chi connectivity index (χ3n) is 2.98. The molecule has 0 aliphatic heterocycles. The van der Waals surface area contributed by atoms with Gasteiger partial charge in [-0.25, -0.2) is 13.1 Å². The van der Waals surface area contributed by atoms with Crippen molar-refractivity contribution in [1.29, 1.82) is 0 Å². The summed E-state index contributed by atoms with van der Waals surface area (Å²) in [6.07, 6.45) is 2.36. The number of hydrogen-bond acceptors (Lipinski definition) is 2. The van der Waals surface area contributed by atoms with E-state index in [2.05, 4.69) is 4.72 Å². The lowest BCUT2D eigenvalue weighted by atomic mass is 10.0. The zero-order chi connectivity index (χ0) is 13.6. The van der Waals surface area contributed by atoms with Crippen LogP contribution in [0.3, 0.4) is 0 Å². The second-order valence-electron chi connectivity index (χ2n) is 4.66. The molecule has 1 aromatic carbocycles. The lowest BCUT2D eigenvalue weighted by Crippen LogP contribution is -2.30. The Bertz CT molecular complexity index is 451. The summed E-state index contributed by atoms with van der Waals surface area (Å²) in [5.41, 5.74) is 2.21. The largest absolute Gasteiger partial charge is 0.212 e. The Balaban J connectivity index is 2.76. The van der Waals surface area contributed by atoms with E-state index in [1.807, 2.05) is 45.0 Å². The number of rotatable bonds is 7. The van der Waals surface area contributed by atoms with E-state index in [9.17, 15) is 8.42 Å². The molecule has 102 valence electrons. The quantitative estimate of drug-likeness (QED) is 0.826. The summed E-state index contributed by atoms with van der Waals surface area (Å²) in [4.78, 5) is 0. The van der Waals surface area contributed by atoms with Crippen LogP contribution in [0, 0.1) is 6.92 Å². The normalized spacial score (nSPS) is 13.5. The zero-order valence-electron chi connectivity index (χ0n) is 11.4. The van der Waals surface area contributed by atoms with E-state index < -0.39 is 10.0 Å². The molecule has 0 aromatic heterocycles. The minimum absolute atomic E-state index is 0.118. The van der Waals surface area contributed by atoms with E-state index >= 15 is 0 Å². The third-order valence-corrected chi connectivity index (χ3v) is 4.45. The molecule has 1 N–H and O–H groups in total. The first kappa shape index (κ1) is 15.2. The highest BCUT2D eigenvalue weighted by atomic mass is 32.2. The standard InChI is InChI=1S/C14H23NO2S/c1-4-6-11-18(16,17)15-14(5-2)13-9-7-12(3)8-10-13/h7-10,14-15H,4-6,11H2,1-3H3/t14-/m1/s1. The molecule has 0 bridgehead atoms. The minimum atomic E-state index is -3.16. The first-order valence-electron chi connectivity index (χ1n) is 6.55. The summed E-state index contributed by atoms with van der Waals surface area (Å²) >= 11 is 0. The van der Waals surface area contributed by atoms with E-state index in [-0.39, 0.29) is 11.8 Å². The average Bonchev–Trinajstić information content (AvgIpc) is 2.35. The molecule has 1 aromatic rings. The number of aryl methyl sites for hydroxylation is 1. The molecular formula is C14H23NO2S. The van der Waals surface area contributed by atoms with Crippen LogP contribution in [0.4, 0.5) is 0 Å². The maximum atomic E-state index is 11.9. The molecule has 18 heavy (non-hydrogen) atoms. The van der Waals surface area contributed by atoms with Gasteiger partial charge in [0.05, 0.1) is 5.75 Å². The van der Waals surface area contributed by atoms with Gasteiger partial charge in [-0.3, -0.25) is 0 Å². The van der Waals surface area contributed by atoms with E-state index in [4.69, 9.17) is 0 Å². The third kappa shape index (κ3) is 4.78. The molecule has 4 heteroatoms. The van der Waals surface area contributed by atoms with Gasteiger partial charge >= 0.3 is 0 Å². The first-order valence-corrected chi connectivity index (χ1v) is 8.20. The van der Waals surface area contributed by atoms with Crippen LogP contribution in [0.2, 0.25) is 0 Å². The smallest absolute Gasteiger partial charge is 0.212 e. The van der Waals surface area contributed by atoms with Crippen molar-refractivity contribution in [3.63, 3.8) is 0 Å². The lowest BCUT2D eigenvalue weighted by Gasteiger charge is -2.17. The van der Waals surface area contributed by atoms with Crippen LogP contribution in [0.25, 0.3) is 0 Å². The number of nitrogens with one attached hydrogen (secondary N) is 1. The Labute approximate surface area is 111 Å². The van der Waals surface area contributed by atoms with Crippen LogP contribution in [0.1, 0.15) is 50.3 Å². The molecule has 0 heterocycles. The molecule has 0 aliphatic carbocycles. The van der Waals surface area contributed by atoms with Crippen molar-refractivity contribution in [3.05, 3.63) is 35.4 Å². The van der Waals surface area contributed by atoms with Gasteiger partial charge in [-0.15, -0.1) is 0 Å². The topological polar surface area (TPSA) is 46.2 Å². The van der Waals surface area contributed by atoms with Gasteiger partial charge in [-0.1, -0.05) is 50.1 Å². The molecule has 0 unspecified atom stereocenters. The van der Waals surface area contributed by atoms with Crippen LogP contribution >= 0.6 is 0 Å². The molecule has 0 saturated heterocycles. The van der Waals surface area contributed by atoms with Gasteiger partial charge in [0, 0.05) is 6.04 Å². The van der Waals surface area contributed by atoms with Crippen molar-refractivity contribution in [2.75, 3.05) is 5.75 Å². The van der Waals surface area contributed by atoms with Crippen LogP contribution in [0.5, 0.6) is 0 Å². The molecular weight excluding hydrogens is 246 g/mol. The molecule has 1 atom stereocenters. The summed E-state index contributed by atoms with van der Waals surface area (Å²) in [5.74, 6) is 0.214. The molecule has 1 rings (SSSR count). The number of hydrogen-bond donors (Lipinski definition) is 1.